The average Bonchev–Trinajstić information content (AvgIpc) is 3.05. The van der Waals surface area contributed by atoms with Gasteiger partial charge in [-0.25, -0.2) is 9.67 Å². The molecule has 0 fully saturated rings. The molecular weight excluding hydrogens is 259 g/mol. The molecule has 1 aliphatic rings. The quantitative estimate of drug-likeness (QED) is 0.894. The topological polar surface area (TPSA) is 69.0 Å². The third-order valence-electron chi connectivity index (χ3n) is 2.49. The summed E-state index contributed by atoms with van der Waals surface area (Å²) in [6, 6.07) is 0. The van der Waals surface area contributed by atoms with Gasteiger partial charge in [0.25, 0.3) is 5.91 Å². The van der Waals surface area contributed by atoms with Crippen molar-refractivity contribution in [2.75, 3.05) is 6.61 Å². The summed E-state index contributed by atoms with van der Waals surface area (Å²) < 4.78 is 20.2. The highest BCUT2D eigenvalue weighted by Gasteiger charge is 2.27. The van der Waals surface area contributed by atoms with Gasteiger partial charge in [-0.05, 0) is 0 Å². The molecule has 2 aromatic rings. The summed E-state index contributed by atoms with van der Waals surface area (Å²) in [5, 5.41) is 9.01. The van der Waals surface area contributed by atoms with Gasteiger partial charge in [0.1, 0.15) is 11.6 Å². The van der Waals surface area contributed by atoms with E-state index in [9.17, 15) is 9.18 Å². The normalized spacial score (nSPS) is 13.2. The summed E-state index contributed by atoms with van der Waals surface area (Å²) in [5.41, 5.74) is -0.235. The lowest BCUT2D eigenvalue weighted by atomic mass is 10.4. The average molecular weight is 268 g/mol. The van der Waals surface area contributed by atoms with E-state index >= 15 is 0 Å². The molecule has 0 radical (unpaired) electrons. The van der Waals surface area contributed by atoms with Crippen LogP contribution in [-0.2, 0) is 13.1 Å². The summed E-state index contributed by atoms with van der Waals surface area (Å²) in [5.74, 6) is -1.23. The van der Waals surface area contributed by atoms with Gasteiger partial charge in [0.05, 0.1) is 13.1 Å². The summed E-state index contributed by atoms with van der Waals surface area (Å²) in [6.45, 7) is 1.12. The lowest BCUT2D eigenvalue weighted by Crippen LogP contribution is -2.24. The number of thiazole rings is 1. The van der Waals surface area contributed by atoms with Crippen LogP contribution in [0.1, 0.15) is 15.5 Å². The highest BCUT2D eigenvalue weighted by atomic mass is 32.1. The minimum absolute atomic E-state index is 0.0365. The number of hydrogen-bond donors (Lipinski definition) is 1. The van der Waals surface area contributed by atoms with Crippen LogP contribution >= 0.6 is 11.3 Å². The molecule has 0 bridgehead atoms. The smallest absolute Gasteiger partial charge is 0.275 e. The van der Waals surface area contributed by atoms with Crippen LogP contribution in [0, 0.1) is 5.82 Å². The summed E-state index contributed by atoms with van der Waals surface area (Å²) >= 11 is 1.42. The van der Waals surface area contributed by atoms with E-state index in [0.717, 1.165) is 5.01 Å². The Labute approximate surface area is 105 Å². The monoisotopic (exact) mass is 268 g/mol. The van der Waals surface area contributed by atoms with Crippen molar-refractivity contribution in [3.8, 4) is 5.88 Å². The summed E-state index contributed by atoms with van der Waals surface area (Å²) in [6.07, 6.45) is 1.64. The van der Waals surface area contributed by atoms with Crippen LogP contribution in [0.25, 0.3) is 0 Å². The van der Waals surface area contributed by atoms with Gasteiger partial charge in [0.2, 0.25) is 11.7 Å². The maximum absolute atomic E-state index is 13.8. The minimum Gasteiger partial charge on any atom is -0.474 e. The zero-order valence-electron chi connectivity index (χ0n) is 9.22. The molecule has 0 spiro atoms. The maximum atomic E-state index is 13.8. The van der Waals surface area contributed by atoms with Crippen molar-refractivity contribution in [2.24, 2.45) is 0 Å². The minimum atomic E-state index is -0.705. The van der Waals surface area contributed by atoms with Crippen molar-refractivity contribution in [3.63, 3.8) is 0 Å². The van der Waals surface area contributed by atoms with Gasteiger partial charge in [-0.15, -0.1) is 11.3 Å². The van der Waals surface area contributed by atoms with Crippen LogP contribution in [0.5, 0.6) is 5.88 Å². The Balaban J connectivity index is 1.73. The first-order valence-corrected chi connectivity index (χ1v) is 6.19. The molecule has 1 amide bonds. The molecule has 3 rings (SSSR count). The van der Waals surface area contributed by atoms with Gasteiger partial charge >= 0.3 is 0 Å². The van der Waals surface area contributed by atoms with Crippen LogP contribution in [0.15, 0.2) is 11.6 Å². The number of ether oxygens (including phenoxy) is 1. The standard InChI is InChI=1S/C10H9FN4O2S/c11-7-8(14-15-2-3-17-10(7)15)9(16)13-5-6-12-1-4-18-6/h1,4H,2-3,5H2,(H,13,16). The molecule has 3 heterocycles. The third-order valence-corrected chi connectivity index (χ3v) is 3.27. The molecule has 0 saturated carbocycles. The third kappa shape index (κ3) is 1.84. The second-order valence-corrected chi connectivity index (χ2v) is 4.63. The van der Waals surface area contributed by atoms with Crippen LogP contribution in [0.4, 0.5) is 4.39 Å². The van der Waals surface area contributed by atoms with Crippen molar-refractivity contribution in [3.05, 3.63) is 28.1 Å². The Kier molecular flexibility index (Phi) is 2.71. The van der Waals surface area contributed by atoms with Gasteiger partial charge in [-0.1, -0.05) is 0 Å². The number of amides is 1. The first-order chi connectivity index (χ1) is 8.75. The van der Waals surface area contributed by atoms with E-state index in [-0.39, 0.29) is 18.1 Å². The molecule has 1 N–H and O–H groups in total. The number of nitrogens with zero attached hydrogens (tertiary/aromatic N) is 3. The number of aromatic nitrogens is 3. The van der Waals surface area contributed by atoms with E-state index < -0.39 is 11.7 Å². The second kappa shape index (κ2) is 4.37. The Morgan fingerprint density at radius 2 is 2.56 bits per heavy atom. The predicted octanol–water partition coefficient (Wildman–Crippen LogP) is 0.801. The van der Waals surface area contributed by atoms with E-state index in [4.69, 9.17) is 4.74 Å². The largest absolute Gasteiger partial charge is 0.474 e. The molecule has 0 aliphatic carbocycles. The number of carbonyl (C=O) groups is 1. The highest BCUT2D eigenvalue weighted by molar-refractivity contribution is 7.09. The summed E-state index contributed by atoms with van der Waals surface area (Å²) in [7, 11) is 0. The number of halogens is 1. The molecular formula is C10H9FN4O2S. The fraction of sp³-hybridized carbons (Fsp3) is 0.300. The lowest BCUT2D eigenvalue weighted by molar-refractivity contribution is 0.0940. The van der Waals surface area contributed by atoms with Gasteiger partial charge < -0.3 is 10.1 Å². The predicted molar refractivity (Wildman–Crippen MR) is 61.0 cm³/mol. The number of carbonyl (C=O) groups excluding carboxylic acids is 1. The van der Waals surface area contributed by atoms with E-state index in [1.807, 2.05) is 0 Å². The first-order valence-electron chi connectivity index (χ1n) is 5.31. The summed E-state index contributed by atoms with van der Waals surface area (Å²) in [4.78, 5) is 15.8. The van der Waals surface area contributed by atoms with Crippen molar-refractivity contribution in [1.82, 2.24) is 20.1 Å². The number of fused-ring (bicyclic) bond motifs is 1. The Morgan fingerprint density at radius 1 is 1.67 bits per heavy atom. The lowest BCUT2D eigenvalue weighted by Gasteiger charge is -2.00. The molecule has 94 valence electrons. The molecule has 0 saturated heterocycles. The molecule has 0 unspecified atom stereocenters. The fourth-order valence-corrected chi connectivity index (χ4v) is 2.22. The van der Waals surface area contributed by atoms with Crippen LogP contribution in [0.2, 0.25) is 0 Å². The van der Waals surface area contributed by atoms with Crippen molar-refractivity contribution < 1.29 is 13.9 Å². The molecule has 6 nitrogen and oxygen atoms in total. The van der Waals surface area contributed by atoms with Gasteiger partial charge in [-0.2, -0.15) is 9.49 Å². The zero-order valence-corrected chi connectivity index (χ0v) is 10.0. The SMILES string of the molecule is O=C(NCc1nccs1)c1nn2c(c1F)OCC2. The zero-order chi connectivity index (χ0) is 12.5. The van der Waals surface area contributed by atoms with Crippen LogP contribution < -0.4 is 10.1 Å². The number of rotatable bonds is 3. The van der Waals surface area contributed by atoms with E-state index in [0.29, 0.717) is 13.2 Å². The van der Waals surface area contributed by atoms with Gasteiger partial charge in [-0.3, -0.25) is 4.79 Å². The molecule has 2 aromatic heterocycles. The van der Waals surface area contributed by atoms with E-state index in [1.54, 1.807) is 11.6 Å². The van der Waals surface area contributed by atoms with Crippen molar-refractivity contribution in [1.29, 1.82) is 0 Å². The van der Waals surface area contributed by atoms with Gasteiger partial charge in [0.15, 0.2) is 5.69 Å². The number of hydrogen-bond acceptors (Lipinski definition) is 5. The highest BCUT2D eigenvalue weighted by Crippen LogP contribution is 2.24. The van der Waals surface area contributed by atoms with Crippen molar-refractivity contribution in [2.45, 2.75) is 13.1 Å². The second-order valence-electron chi connectivity index (χ2n) is 3.65. The molecule has 1 aliphatic heterocycles. The van der Waals surface area contributed by atoms with Gasteiger partial charge in [0, 0.05) is 11.6 Å². The maximum Gasteiger partial charge on any atom is 0.275 e. The molecule has 18 heavy (non-hydrogen) atoms. The Hall–Kier alpha value is -1.96. The Bertz CT molecular complexity index is 581. The van der Waals surface area contributed by atoms with Crippen molar-refractivity contribution >= 4 is 17.2 Å². The number of nitrogens with one attached hydrogen (secondary N) is 1. The van der Waals surface area contributed by atoms with E-state index in [2.05, 4.69) is 15.4 Å². The molecule has 0 atom stereocenters. The fourth-order valence-electron chi connectivity index (χ4n) is 1.67. The van der Waals surface area contributed by atoms with E-state index in [1.165, 1.54) is 16.0 Å². The molecule has 0 aromatic carbocycles. The molecule has 8 heteroatoms. The van der Waals surface area contributed by atoms with Crippen LogP contribution in [0.3, 0.4) is 0 Å². The first kappa shape index (κ1) is 11.1. The van der Waals surface area contributed by atoms with Crippen LogP contribution in [-0.4, -0.2) is 27.3 Å². The Morgan fingerprint density at radius 3 is 3.28 bits per heavy atom.